The molecule has 174 valence electrons. The van der Waals surface area contributed by atoms with Crippen molar-refractivity contribution < 1.29 is 24.2 Å². The fraction of sp³-hybridized carbons (Fsp3) is 0.214. The Morgan fingerprint density at radius 1 is 0.941 bits per heavy atom. The second kappa shape index (κ2) is 9.43. The van der Waals surface area contributed by atoms with Crippen LogP contribution in [0.1, 0.15) is 36.6 Å². The van der Waals surface area contributed by atoms with Crippen molar-refractivity contribution in [2.75, 3.05) is 12.0 Å². The van der Waals surface area contributed by atoms with Crippen molar-refractivity contribution in [3.63, 3.8) is 0 Å². The molecule has 0 saturated carbocycles. The molecule has 3 aromatic rings. The fourth-order valence-electron chi connectivity index (χ4n) is 4.05. The van der Waals surface area contributed by atoms with Gasteiger partial charge in [-0.3, -0.25) is 14.5 Å². The summed E-state index contributed by atoms with van der Waals surface area (Å²) in [6, 6.07) is 20.5. The first-order valence-corrected chi connectivity index (χ1v) is 11.1. The minimum absolute atomic E-state index is 0.00680. The third-order valence-corrected chi connectivity index (χ3v) is 5.67. The Labute approximate surface area is 199 Å². The van der Waals surface area contributed by atoms with Gasteiger partial charge < -0.3 is 14.6 Å². The molecule has 0 aromatic heterocycles. The van der Waals surface area contributed by atoms with Gasteiger partial charge in [-0.05, 0) is 74.9 Å². The van der Waals surface area contributed by atoms with E-state index in [1.807, 2.05) is 39.0 Å². The van der Waals surface area contributed by atoms with Crippen LogP contribution in [0, 0.1) is 6.92 Å². The van der Waals surface area contributed by atoms with Gasteiger partial charge in [0.05, 0.1) is 24.8 Å². The normalized spacial score (nSPS) is 17.3. The molecule has 34 heavy (non-hydrogen) atoms. The first-order chi connectivity index (χ1) is 16.3. The average molecular weight is 458 g/mol. The summed E-state index contributed by atoms with van der Waals surface area (Å²) in [5.74, 6) is -0.443. The van der Waals surface area contributed by atoms with Crippen LogP contribution in [0.15, 0.2) is 78.4 Å². The lowest BCUT2D eigenvalue weighted by atomic mass is 9.95. The largest absolute Gasteiger partial charge is 0.507 e. The zero-order valence-corrected chi connectivity index (χ0v) is 19.6. The van der Waals surface area contributed by atoms with Crippen LogP contribution in [0.4, 0.5) is 5.69 Å². The maximum absolute atomic E-state index is 13.3. The summed E-state index contributed by atoms with van der Waals surface area (Å²) in [6.07, 6.45) is 0.00680. The highest BCUT2D eigenvalue weighted by Gasteiger charge is 2.47. The number of carbonyl (C=O) groups is 2. The van der Waals surface area contributed by atoms with Gasteiger partial charge in [0, 0.05) is 11.3 Å². The number of ketones is 1. The highest BCUT2D eigenvalue weighted by Crippen LogP contribution is 2.43. The molecule has 1 aliphatic heterocycles. The third-order valence-electron chi connectivity index (χ3n) is 5.67. The maximum Gasteiger partial charge on any atom is 0.300 e. The molecule has 3 aromatic carbocycles. The van der Waals surface area contributed by atoms with Crippen molar-refractivity contribution in [1.29, 1.82) is 0 Å². The highest BCUT2D eigenvalue weighted by atomic mass is 16.5. The van der Waals surface area contributed by atoms with E-state index in [0.29, 0.717) is 28.3 Å². The Bertz CT molecular complexity index is 1240. The van der Waals surface area contributed by atoms with Gasteiger partial charge in [-0.15, -0.1) is 0 Å². The van der Waals surface area contributed by atoms with E-state index in [2.05, 4.69) is 0 Å². The highest BCUT2D eigenvalue weighted by molar-refractivity contribution is 6.51. The van der Waals surface area contributed by atoms with Crippen LogP contribution in [-0.4, -0.2) is 30.0 Å². The van der Waals surface area contributed by atoms with Gasteiger partial charge in [-0.1, -0.05) is 29.8 Å². The number of methoxy groups -OCH3 is 1. The van der Waals surface area contributed by atoms with Crippen molar-refractivity contribution in [3.8, 4) is 11.5 Å². The number of rotatable bonds is 6. The first kappa shape index (κ1) is 23.1. The van der Waals surface area contributed by atoms with Crippen molar-refractivity contribution in [2.24, 2.45) is 0 Å². The standard InChI is InChI=1S/C28H27NO5/c1-17(2)34-22-14-10-19(11-15-22)26(30)24-25(20-6-5-7-23(16-20)33-4)29(28(32)27(24)31)21-12-8-18(3)9-13-21/h5-17,25,30H,1-4H3/b26-24-. The Balaban J connectivity index is 1.87. The lowest BCUT2D eigenvalue weighted by Crippen LogP contribution is -2.29. The molecule has 6 nitrogen and oxygen atoms in total. The monoisotopic (exact) mass is 457 g/mol. The Morgan fingerprint density at radius 2 is 1.62 bits per heavy atom. The second-order valence-electron chi connectivity index (χ2n) is 8.47. The molecular formula is C28H27NO5. The van der Waals surface area contributed by atoms with Crippen LogP contribution >= 0.6 is 0 Å². The molecule has 4 rings (SSSR count). The number of ether oxygens (including phenoxy) is 2. The number of aliphatic hydroxyl groups excluding tert-OH is 1. The SMILES string of the molecule is COc1cccc(C2/C(=C(/O)c3ccc(OC(C)C)cc3)C(=O)C(=O)N2c2ccc(C)cc2)c1. The molecule has 1 fully saturated rings. The van der Waals surface area contributed by atoms with Crippen molar-refractivity contribution >= 4 is 23.1 Å². The van der Waals surface area contributed by atoms with Crippen molar-refractivity contribution in [2.45, 2.75) is 32.9 Å². The predicted octanol–water partition coefficient (Wildman–Crippen LogP) is 5.42. The summed E-state index contributed by atoms with van der Waals surface area (Å²) >= 11 is 0. The molecule has 0 aliphatic carbocycles. The molecular weight excluding hydrogens is 430 g/mol. The predicted molar refractivity (Wildman–Crippen MR) is 131 cm³/mol. The van der Waals surface area contributed by atoms with Crippen molar-refractivity contribution in [1.82, 2.24) is 0 Å². The van der Waals surface area contributed by atoms with Crippen LogP contribution in [0.5, 0.6) is 11.5 Å². The van der Waals surface area contributed by atoms with Gasteiger partial charge in [0.25, 0.3) is 11.7 Å². The zero-order valence-electron chi connectivity index (χ0n) is 19.6. The van der Waals surface area contributed by atoms with Gasteiger partial charge in [0.1, 0.15) is 17.3 Å². The molecule has 0 bridgehead atoms. The molecule has 1 amide bonds. The van der Waals surface area contributed by atoms with Crippen molar-refractivity contribution in [3.05, 3.63) is 95.1 Å². The molecule has 6 heteroatoms. The van der Waals surface area contributed by atoms with E-state index in [1.54, 1.807) is 61.7 Å². The average Bonchev–Trinajstić information content (AvgIpc) is 3.10. The minimum atomic E-state index is -0.815. The van der Waals surface area contributed by atoms with Gasteiger partial charge in [0.2, 0.25) is 0 Å². The van der Waals surface area contributed by atoms with E-state index in [4.69, 9.17) is 9.47 Å². The lowest BCUT2D eigenvalue weighted by molar-refractivity contribution is -0.132. The number of benzene rings is 3. The van der Waals surface area contributed by atoms with E-state index in [-0.39, 0.29) is 17.4 Å². The molecule has 1 heterocycles. The Hall–Kier alpha value is -4.06. The van der Waals surface area contributed by atoms with Gasteiger partial charge >= 0.3 is 0 Å². The number of aliphatic hydroxyl groups is 1. The number of nitrogens with zero attached hydrogens (tertiary/aromatic N) is 1. The number of Topliss-reactive ketones (excluding diaryl/α,β-unsaturated/α-hetero) is 1. The van der Waals surface area contributed by atoms with E-state index < -0.39 is 17.7 Å². The molecule has 1 N–H and O–H groups in total. The number of aryl methyl sites for hydroxylation is 1. The quantitative estimate of drug-likeness (QED) is 0.304. The molecule has 0 spiro atoms. The van der Waals surface area contributed by atoms with E-state index in [1.165, 1.54) is 4.90 Å². The summed E-state index contributed by atoms with van der Waals surface area (Å²) in [6.45, 7) is 5.80. The van der Waals surface area contributed by atoms with Crippen LogP contribution in [0.3, 0.4) is 0 Å². The number of hydrogen-bond acceptors (Lipinski definition) is 5. The van der Waals surface area contributed by atoms with Crippen LogP contribution in [0.2, 0.25) is 0 Å². The summed E-state index contributed by atoms with van der Waals surface area (Å²) in [5, 5.41) is 11.3. The molecule has 1 aliphatic rings. The maximum atomic E-state index is 13.3. The van der Waals surface area contributed by atoms with Crippen LogP contribution in [-0.2, 0) is 9.59 Å². The number of carbonyl (C=O) groups excluding carboxylic acids is 2. The third kappa shape index (κ3) is 4.39. The summed E-state index contributed by atoms with van der Waals surface area (Å²) in [4.78, 5) is 27.9. The summed E-state index contributed by atoms with van der Waals surface area (Å²) in [7, 11) is 1.55. The van der Waals surface area contributed by atoms with Gasteiger partial charge in [-0.25, -0.2) is 0 Å². The van der Waals surface area contributed by atoms with E-state index in [0.717, 1.165) is 5.56 Å². The van der Waals surface area contributed by atoms with Gasteiger partial charge in [-0.2, -0.15) is 0 Å². The fourth-order valence-corrected chi connectivity index (χ4v) is 4.05. The first-order valence-electron chi connectivity index (χ1n) is 11.1. The van der Waals surface area contributed by atoms with E-state index >= 15 is 0 Å². The number of amides is 1. The van der Waals surface area contributed by atoms with E-state index in [9.17, 15) is 14.7 Å². The Kier molecular flexibility index (Phi) is 6.41. The lowest BCUT2D eigenvalue weighted by Gasteiger charge is -2.26. The topological polar surface area (TPSA) is 76.1 Å². The van der Waals surface area contributed by atoms with Crippen LogP contribution in [0.25, 0.3) is 5.76 Å². The minimum Gasteiger partial charge on any atom is -0.507 e. The molecule has 1 atom stereocenters. The summed E-state index contributed by atoms with van der Waals surface area (Å²) in [5.41, 5.74) is 2.70. The summed E-state index contributed by atoms with van der Waals surface area (Å²) < 4.78 is 11.0. The molecule has 1 unspecified atom stereocenters. The smallest absolute Gasteiger partial charge is 0.300 e. The zero-order chi connectivity index (χ0) is 24.4. The van der Waals surface area contributed by atoms with Gasteiger partial charge in [0.15, 0.2) is 0 Å². The second-order valence-corrected chi connectivity index (χ2v) is 8.47. The number of anilines is 1. The Morgan fingerprint density at radius 3 is 2.24 bits per heavy atom. The molecule has 1 saturated heterocycles. The molecule has 0 radical (unpaired) electrons. The number of hydrogen-bond donors (Lipinski definition) is 1. The van der Waals surface area contributed by atoms with Crippen LogP contribution < -0.4 is 14.4 Å².